The first kappa shape index (κ1) is 18.6. The second kappa shape index (κ2) is 7.99. The van der Waals surface area contributed by atoms with Crippen LogP contribution < -0.4 is 5.32 Å². The van der Waals surface area contributed by atoms with Crippen LogP contribution >= 0.6 is 0 Å². The third-order valence-electron chi connectivity index (χ3n) is 4.17. The number of benzene rings is 2. The monoisotopic (exact) mass is 362 g/mol. The first-order chi connectivity index (χ1) is 13.0. The lowest BCUT2D eigenvalue weighted by atomic mass is 9.98. The Kier molecular flexibility index (Phi) is 5.50. The van der Waals surface area contributed by atoms with Crippen LogP contribution in [0.5, 0.6) is 0 Å². The average molecular weight is 362 g/mol. The fourth-order valence-corrected chi connectivity index (χ4v) is 3.05. The van der Waals surface area contributed by atoms with Gasteiger partial charge in [-0.3, -0.25) is 14.6 Å². The van der Waals surface area contributed by atoms with Gasteiger partial charge in [-0.25, -0.2) is 0 Å². The molecule has 0 aliphatic carbocycles. The fraction of sp³-hybridized carbons (Fsp3) is 0.227. The molecule has 27 heavy (non-hydrogen) atoms. The summed E-state index contributed by atoms with van der Waals surface area (Å²) in [5, 5.41) is 3.89. The van der Waals surface area contributed by atoms with Crippen molar-refractivity contribution in [1.29, 1.82) is 0 Å². The number of nitrogens with zero attached hydrogens (tertiary/aromatic N) is 1. The van der Waals surface area contributed by atoms with E-state index in [4.69, 9.17) is 4.74 Å². The number of ether oxygens (including phenoxy) is 1. The van der Waals surface area contributed by atoms with Crippen LogP contribution in [0.25, 0.3) is 10.9 Å². The van der Waals surface area contributed by atoms with Gasteiger partial charge in [0.15, 0.2) is 0 Å². The lowest BCUT2D eigenvalue weighted by Gasteiger charge is -2.14. The van der Waals surface area contributed by atoms with E-state index in [0.717, 1.165) is 16.5 Å². The van der Waals surface area contributed by atoms with Crippen LogP contribution in [-0.2, 0) is 16.0 Å². The van der Waals surface area contributed by atoms with Gasteiger partial charge in [-0.2, -0.15) is 0 Å². The Balaban J connectivity index is 1.91. The molecule has 5 nitrogen and oxygen atoms in total. The summed E-state index contributed by atoms with van der Waals surface area (Å²) in [6.45, 7) is 5.46. The van der Waals surface area contributed by atoms with E-state index in [2.05, 4.69) is 10.3 Å². The normalized spacial score (nSPS) is 10.8. The highest BCUT2D eigenvalue weighted by atomic mass is 16.5. The Morgan fingerprint density at radius 3 is 2.59 bits per heavy atom. The standard InChI is InChI=1S/C22H22N2O3/c1-14(2)27-19(25)13-17-9-4-7-15(3)20(17)22(26)24-18-11-5-8-16-10-6-12-23-21(16)18/h4-12,14H,13H2,1-3H3,(H,24,26). The number of esters is 1. The van der Waals surface area contributed by atoms with Crippen LogP contribution in [0.4, 0.5) is 5.69 Å². The lowest BCUT2D eigenvalue weighted by Crippen LogP contribution is -2.19. The molecule has 0 atom stereocenters. The molecule has 1 heterocycles. The zero-order valence-corrected chi connectivity index (χ0v) is 15.7. The van der Waals surface area contributed by atoms with Crippen LogP contribution in [-0.4, -0.2) is 23.0 Å². The molecule has 5 heteroatoms. The van der Waals surface area contributed by atoms with E-state index in [1.54, 1.807) is 26.1 Å². The summed E-state index contributed by atoms with van der Waals surface area (Å²) in [6.07, 6.45) is 1.55. The van der Waals surface area contributed by atoms with E-state index in [1.165, 1.54) is 0 Å². The number of amides is 1. The van der Waals surface area contributed by atoms with Crippen LogP contribution in [0.3, 0.4) is 0 Å². The van der Waals surface area contributed by atoms with Crippen molar-refractivity contribution in [3.63, 3.8) is 0 Å². The predicted molar refractivity (Wildman–Crippen MR) is 106 cm³/mol. The van der Waals surface area contributed by atoms with Gasteiger partial charge in [-0.1, -0.05) is 36.4 Å². The van der Waals surface area contributed by atoms with Crippen molar-refractivity contribution in [2.75, 3.05) is 5.32 Å². The highest BCUT2D eigenvalue weighted by Gasteiger charge is 2.18. The van der Waals surface area contributed by atoms with Crippen molar-refractivity contribution in [3.8, 4) is 0 Å². The highest BCUT2D eigenvalue weighted by Crippen LogP contribution is 2.23. The molecule has 1 aromatic heterocycles. The van der Waals surface area contributed by atoms with Crippen LogP contribution in [0.2, 0.25) is 0 Å². The molecule has 1 amide bonds. The highest BCUT2D eigenvalue weighted by molar-refractivity contribution is 6.10. The molecule has 0 saturated heterocycles. The van der Waals surface area contributed by atoms with Gasteiger partial charge >= 0.3 is 5.97 Å². The lowest BCUT2D eigenvalue weighted by molar-refractivity contribution is -0.146. The number of fused-ring (bicyclic) bond motifs is 1. The van der Waals surface area contributed by atoms with Gasteiger partial charge in [0.2, 0.25) is 0 Å². The summed E-state index contributed by atoms with van der Waals surface area (Å²) in [6, 6.07) is 14.9. The first-order valence-electron chi connectivity index (χ1n) is 8.89. The molecule has 1 N–H and O–H groups in total. The molecule has 0 fully saturated rings. The van der Waals surface area contributed by atoms with Crippen LogP contribution in [0, 0.1) is 6.92 Å². The minimum Gasteiger partial charge on any atom is -0.463 e. The summed E-state index contributed by atoms with van der Waals surface area (Å²) >= 11 is 0. The van der Waals surface area contributed by atoms with Gasteiger partial charge < -0.3 is 10.1 Å². The minimum atomic E-state index is -0.350. The third-order valence-corrected chi connectivity index (χ3v) is 4.17. The number of aryl methyl sites for hydroxylation is 1. The molecule has 0 spiro atoms. The van der Waals surface area contributed by atoms with Gasteiger partial charge in [0, 0.05) is 17.1 Å². The Bertz CT molecular complexity index is 991. The van der Waals surface area contributed by atoms with E-state index in [1.807, 2.05) is 49.4 Å². The summed E-state index contributed by atoms with van der Waals surface area (Å²) in [4.78, 5) is 29.5. The zero-order chi connectivity index (χ0) is 19.4. The van der Waals surface area contributed by atoms with Gasteiger partial charge in [0.25, 0.3) is 5.91 Å². The molecule has 0 radical (unpaired) electrons. The van der Waals surface area contributed by atoms with Gasteiger partial charge in [0.05, 0.1) is 23.7 Å². The van der Waals surface area contributed by atoms with Crippen molar-refractivity contribution in [3.05, 3.63) is 71.4 Å². The van der Waals surface area contributed by atoms with Crippen molar-refractivity contribution >= 4 is 28.5 Å². The SMILES string of the molecule is Cc1cccc(CC(=O)OC(C)C)c1C(=O)Nc1cccc2cccnc12. The van der Waals surface area contributed by atoms with E-state index < -0.39 is 0 Å². The molecule has 0 aliphatic heterocycles. The summed E-state index contributed by atoms with van der Waals surface area (Å²) in [5.74, 6) is -0.616. The number of carbonyl (C=O) groups excluding carboxylic acids is 2. The fourth-order valence-electron chi connectivity index (χ4n) is 3.05. The molecular weight excluding hydrogens is 340 g/mol. The van der Waals surface area contributed by atoms with E-state index in [9.17, 15) is 9.59 Å². The topological polar surface area (TPSA) is 68.3 Å². The second-order valence-corrected chi connectivity index (χ2v) is 6.66. The maximum atomic E-state index is 13.0. The predicted octanol–water partition coefficient (Wildman–Crippen LogP) is 4.29. The molecular formula is C22H22N2O3. The number of rotatable bonds is 5. The smallest absolute Gasteiger partial charge is 0.310 e. The quantitative estimate of drug-likeness (QED) is 0.688. The number of anilines is 1. The number of para-hydroxylation sites is 1. The molecule has 3 rings (SSSR count). The van der Waals surface area contributed by atoms with Crippen molar-refractivity contribution in [1.82, 2.24) is 4.98 Å². The Morgan fingerprint density at radius 1 is 1.07 bits per heavy atom. The summed E-state index contributed by atoms with van der Waals surface area (Å²) in [5.41, 5.74) is 3.30. The summed E-state index contributed by atoms with van der Waals surface area (Å²) < 4.78 is 5.22. The van der Waals surface area contributed by atoms with E-state index >= 15 is 0 Å². The Labute approximate surface area is 158 Å². The molecule has 0 bridgehead atoms. The van der Waals surface area contributed by atoms with Crippen molar-refractivity contribution < 1.29 is 14.3 Å². The maximum absolute atomic E-state index is 13.0. The van der Waals surface area contributed by atoms with Crippen LogP contribution in [0.1, 0.15) is 35.3 Å². The number of hydrogen-bond donors (Lipinski definition) is 1. The van der Waals surface area contributed by atoms with E-state index in [-0.39, 0.29) is 24.4 Å². The number of hydrogen-bond acceptors (Lipinski definition) is 4. The largest absolute Gasteiger partial charge is 0.463 e. The maximum Gasteiger partial charge on any atom is 0.310 e. The number of aromatic nitrogens is 1. The van der Waals surface area contributed by atoms with Gasteiger partial charge in [-0.15, -0.1) is 0 Å². The van der Waals surface area contributed by atoms with Crippen molar-refractivity contribution in [2.45, 2.75) is 33.3 Å². The number of nitrogens with one attached hydrogen (secondary N) is 1. The van der Waals surface area contributed by atoms with Crippen LogP contribution in [0.15, 0.2) is 54.7 Å². The minimum absolute atomic E-state index is 0.0520. The molecule has 0 unspecified atom stereocenters. The first-order valence-corrected chi connectivity index (χ1v) is 8.89. The molecule has 2 aromatic carbocycles. The average Bonchev–Trinajstić information content (AvgIpc) is 2.61. The zero-order valence-electron chi connectivity index (χ0n) is 15.7. The third kappa shape index (κ3) is 4.31. The Hall–Kier alpha value is -3.21. The number of carbonyl (C=O) groups is 2. The van der Waals surface area contributed by atoms with Gasteiger partial charge in [-0.05, 0) is 44.0 Å². The van der Waals surface area contributed by atoms with Gasteiger partial charge in [0.1, 0.15) is 0 Å². The summed E-state index contributed by atoms with van der Waals surface area (Å²) in [7, 11) is 0. The molecule has 3 aromatic rings. The molecule has 138 valence electrons. The van der Waals surface area contributed by atoms with E-state index in [0.29, 0.717) is 16.8 Å². The number of pyridine rings is 1. The Morgan fingerprint density at radius 2 is 1.81 bits per heavy atom. The molecule has 0 aliphatic rings. The molecule has 0 saturated carbocycles. The van der Waals surface area contributed by atoms with Crippen molar-refractivity contribution in [2.24, 2.45) is 0 Å². The second-order valence-electron chi connectivity index (χ2n) is 6.66.